The summed E-state index contributed by atoms with van der Waals surface area (Å²) in [5.74, 6) is -0.586. The Labute approximate surface area is 332 Å². The van der Waals surface area contributed by atoms with Gasteiger partial charge in [0.25, 0.3) is 0 Å². The van der Waals surface area contributed by atoms with Gasteiger partial charge in [-0.05, 0) is 37.8 Å². The van der Waals surface area contributed by atoms with E-state index in [2.05, 4.69) is 23.8 Å². The quantitative estimate of drug-likeness (QED) is 0.0532. The monoisotopic (exact) mass is 753 g/mol. The number of unbranched alkanes of at least 4 members (excludes halogenated alkanes) is 30. The fraction of sp³-hybridized carbons (Fsp3) is 0.792. The molecule has 2 N–H and O–H groups in total. The summed E-state index contributed by atoms with van der Waals surface area (Å²) in [5.41, 5.74) is 4.35. The number of aromatic nitrogens is 2. The number of ether oxygens (including phenoxy) is 2. The van der Waals surface area contributed by atoms with Gasteiger partial charge in [0, 0.05) is 12.4 Å². The molecular formula is C48H84N2O4. The average Bonchev–Trinajstić information content (AvgIpc) is 3.75. The Hall–Kier alpha value is -2.50. The first-order valence-electron chi connectivity index (χ1n) is 23.2. The maximum Gasteiger partial charge on any atom is 0.339 e. The van der Waals surface area contributed by atoms with Gasteiger partial charge in [-0.15, -0.1) is 0 Å². The minimum atomic E-state index is -0.293. The van der Waals surface area contributed by atoms with Crippen LogP contribution in [0.25, 0.3) is 11.4 Å². The number of carbonyl (C=O) groups is 2. The predicted molar refractivity (Wildman–Crippen MR) is 230 cm³/mol. The molecule has 6 heteroatoms. The van der Waals surface area contributed by atoms with Crippen LogP contribution in [0.5, 0.6) is 0 Å². The van der Waals surface area contributed by atoms with Crippen LogP contribution in [0.4, 0.5) is 0 Å². The number of esters is 2. The highest BCUT2D eigenvalue weighted by Gasteiger charge is 2.22. The Morgan fingerprint density at radius 1 is 0.389 bits per heavy atom. The smallest absolute Gasteiger partial charge is 0.339 e. The number of carbonyl (C=O) groups excluding carboxylic acids is 2. The number of rotatable bonds is 37. The third-order valence-electron chi connectivity index (χ3n) is 11.4. The minimum absolute atomic E-state index is 0.293. The topological polar surface area (TPSA) is 84.2 Å². The summed E-state index contributed by atoms with van der Waals surface area (Å²) in [7, 11) is 0. The molecule has 0 unspecified atom stereocenters. The van der Waals surface area contributed by atoms with Crippen LogP contribution in [-0.2, 0) is 9.47 Å². The van der Waals surface area contributed by atoms with Gasteiger partial charge in [-0.3, -0.25) is 0 Å². The van der Waals surface area contributed by atoms with E-state index in [-0.39, 0.29) is 11.9 Å². The number of aromatic amines is 2. The van der Waals surface area contributed by atoms with Gasteiger partial charge in [0.15, 0.2) is 0 Å². The van der Waals surface area contributed by atoms with Gasteiger partial charge in [-0.2, -0.15) is 0 Å². The van der Waals surface area contributed by atoms with Gasteiger partial charge in [0.1, 0.15) is 0 Å². The fourth-order valence-corrected chi connectivity index (χ4v) is 7.72. The predicted octanol–water partition coefficient (Wildman–Crippen LogP) is 15.5. The minimum Gasteiger partial charge on any atom is -0.462 e. The molecule has 310 valence electrons. The standard InChI is InChI=1S/C48H84N2O4/c1-5-7-9-11-13-15-17-19-21-23-25-27-29-31-33-35-37-53-47(51)43-39-49-45(41(43)3)46-42(4)44(40-50-46)48(52)54-38-36-34-32-30-28-26-24-22-20-18-16-14-12-10-8-6-2/h39-40,49-50H,5-38H2,1-4H3. The molecular weight excluding hydrogens is 669 g/mol. The van der Waals surface area contributed by atoms with Crippen molar-refractivity contribution in [3.63, 3.8) is 0 Å². The summed E-state index contributed by atoms with van der Waals surface area (Å²) in [6.45, 7) is 9.31. The van der Waals surface area contributed by atoms with Crippen molar-refractivity contribution in [2.24, 2.45) is 0 Å². The summed E-state index contributed by atoms with van der Waals surface area (Å²) in [5, 5.41) is 0. The van der Waals surface area contributed by atoms with E-state index in [0.29, 0.717) is 24.3 Å². The maximum atomic E-state index is 12.9. The van der Waals surface area contributed by atoms with E-state index in [4.69, 9.17) is 9.47 Å². The van der Waals surface area contributed by atoms with E-state index >= 15 is 0 Å². The van der Waals surface area contributed by atoms with Crippen LogP contribution in [0.2, 0.25) is 0 Å². The van der Waals surface area contributed by atoms with Gasteiger partial charge < -0.3 is 19.4 Å². The van der Waals surface area contributed by atoms with Crippen molar-refractivity contribution in [1.29, 1.82) is 0 Å². The van der Waals surface area contributed by atoms with Gasteiger partial charge in [-0.1, -0.05) is 206 Å². The van der Waals surface area contributed by atoms with E-state index in [0.717, 1.165) is 48.2 Å². The van der Waals surface area contributed by atoms with Crippen molar-refractivity contribution in [2.75, 3.05) is 13.2 Å². The molecule has 2 heterocycles. The Bertz CT molecular complexity index is 1110. The average molecular weight is 753 g/mol. The van der Waals surface area contributed by atoms with E-state index in [9.17, 15) is 9.59 Å². The second kappa shape index (κ2) is 32.7. The first kappa shape index (κ1) is 47.7. The molecule has 0 atom stereocenters. The SMILES string of the molecule is CCCCCCCCCCCCCCCCCCOC(=O)c1c[nH]c(-c2[nH]cc(C(=O)OCCCCCCCCCCCCCCCCCC)c2C)c1C. The number of H-pyrrole nitrogens is 2. The Kier molecular flexibility index (Phi) is 28.9. The van der Waals surface area contributed by atoms with Crippen LogP contribution < -0.4 is 0 Å². The molecule has 2 rings (SSSR count). The Morgan fingerprint density at radius 2 is 0.611 bits per heavy atom. The van der Waals surface area contributed by atoms with Crippen molar-refractivity contribution in [1.82, 2.24) is 9.97 Å². The molecule has 0 aromatic carbocycles. The number of hydrogen-bond acceptors (Lipinski definition) is 4. The zero-order valence-electron chi connectivity index (χ0n) is 35.8. The fourth-order valence-electron chi connectivity index (χ4n) is 7.72. The van der Waals surface area contributed by atoms with Crippen LogP contribution in [-0.4, -0.2) is 35.1 Å². The molecule has 54 heavy (non-hydrogen) atoms. The second-order valence-corrected chi connectivity index (χ2v) is 16.3. The lowest BCUT2D eigenvalue weighted by Crippen LogP contribution is -2.07. The zero-order chi connectivity index (χ0) is 38.9. The molecule has 0 saturated heterocycles. The van der Waals surface area contributed by atoms with Gasteiger partial charge in [0.05, 0.1) is 35.7 Å². The van der Waals surface area contributed by atoms with E-state index < -0.39 is 0 Å². The van der Waals surface area contributed by atoms with Crippen LogP contribution in [0.3, 0.4) is 0 Å². The molecule has 6 nitrogen and oxygen atoms in total. The largest absolute Gasteiger partial charge is 0.462 e. The summed E-state index contributed by atoms with van der Waals surface area (Å²) >= 11 is 0. The van der Waals surface area contributed by atoms with E-state index in [1.165, 1.54) is 180 Å². The highest BCUT2D eigenvalue weighted by atomic mass is 16.5. The summed E-state index contributed by atoms with van der Waals surface area (Å²) in [6.07, 6.45) is 45.8. The molecule has 2 aromatic heterocycles. The Balaban J connectivity index is 1.50. The van der Waals surface area contributed by atoms with Crippen molar-refractivity contribution in [3.05, 3.63) is 34.6 Å². The van der Waals surface area contributed by atoms with Gasteiger partial charge in [-0.25, -0.2) is 9.59 Å². The third kappa shape index (κ3) is 21.6. The summed E-state index contributed by atoms with van der Waals surface area (Å²) in [6, 6.07) is 0. The number of hydrogen-bond donors (Lipinski definition) is 2. The van der Waals surface area contributed by atoms with Crippen LogP contribution in [0.1, 0.15) is 251 Å². The molecule has 0 amide bonds. The molecule has 0 saturated carbocycles. The normalized spacial score (nSPS) is 11.4. The summed E-state index contributed by atoms with van der Waals surface area (Å²) in [4.78, 5) is 32.2. The lowest BCUT2D eigenvalue weighted by Gasteiger charge is -2.06. The lowest BCUT2D eigenvalue weighted by molar-refractivity contribution is 0.0487. The van der Waals surface area contributed by atoms with Crippen LogP contribution in [0.15, 0.2) is 12.4 Å². The molecule has 0 radical (unpaired) electrons. The third-order valence-corrected chi connectivity index (χ3v) is 11.4. The molecule has 2 aromatic rings. The first-order valence-corrected chi connectivity index (χ1v) is 23.2. The van der Waals surface area contributed by atoms with Crippen LogP contribution in [0, 0.1) is 13.8 Å². The Morgan fingerprint density at radius 3 is 0.852 bits per heavy atom. The summed E-state index contributed by atoms with van der Waals surface area (Å²) < 4.78 is 11.3. The second-order valence-electron chi connectivity index (χ2n) is 16.3. The number of nitrogens with one attached hydrogen (secondary N) is 2. The van der Waals surface area contributed by atoms with Gasteiger partial charge >= 0.3 is 11.9 Å². The lowest BCUT2D eigenvalue weighted by atomic mass is 10.0. The molecule has 0 aliphatic carbocycles. The highest BCUT2D eigenvalue weighted by molar-refractivity contribution is 5.95. The van der Waals surface area contributed by atoms with Crippen LogP contribution >= 0.6 is 0 Å². The highest BCUT2D eigenvalue weighted by Crippen LogP contribution is 2.29. The van der Waals surface area contributed by atoms with Gasteiger partial charge in [0.2, 0.25) is 0 Å². The van der Waals surface area contributed by atoms with E-state index in [1.807, 2.05) is 13.8 Å². The van der Waals surface area contributed by atoms with Crippen molar-refractivity contribution in [3.8, 4) is 11.4 Å². The molecule has 0 bridgehead atoms. The molecule has 0 fully saturated rings. The zero-order valence-corrected chi connectivity index (χ0v) is 35.8. The van der Waals surface area contributed by atoms with E-state index in [1.54, 1.807) is 12.4 Å². The molecule has 0 aliphatic heterocycles. The van der Waals surface area contributed by atoms with Crippen molar-refractivity contribution >= 4 is 11.9 Å². The molecule has 0 aliphatic rings. The first-order chi connectivity index (χ1) is 26.5. The van der Waals surface area contributed by atoms with Crippen molar-refractivity contribution in [2.45, 2.75) is 233 Å². The maximum absolute atomic E-state index is 12.9. The van der Waals surface area contributed by atoms with Crippen molar-refractivity contribution < 1.29 is 19.1 Å². The molecule has 0 spiro atoms.